The Hall–Kier alpha value is -1.72. The largest absolute Gasteiger partial charge is 0.460 e. The summed E-state index contributed by atoms with van der Waals surface area (Å²) in [7, 11) is 0. The Morgan fingerprint density at radius 2 is 1.30 bits per heavy atom. The minimum Gasteiger partial charge on any atom is -0.460 e. The maximum absolute atomic E-state index is 12.0. The zero-order valence-corrected chi connectivity index (χ0v) is 17.0. The number of hydrogen-bond acceptors (Lipinski definition) is 4. The molecule has 0 amide bonds. The smallest absolute Gasteiger partial charge is 0.334 e. The highest BCUT2D eigenvalue weighted by Gasteiger charge is 2.16. The first kappa shape index (κ1) is 21.6. The molecule has 0 fully saturated rings. The molecule has 0 spiro atoms. The van der Waals surface area contributed by atoms with Crippen molar-refractivity contribution in [2.75, 3.05) is 0 Å². The second-order valence-corrected chi connectivity index (χ2v) is 7.18. The molecular weight excluding hydrogens is 434 g/mol. The molecule has 0 aromatic heterocycles. The highest BCUT2D eigenvalue weighted by Crippen LogP contribution is 2.23. The average molecular weight is 448 g/mol. The van der Waals surface area contributed by atoms with Gasteiger partial charge in [-0.25, -0.2) is 4.79 Å². The summed E-state index contributed by atoms with van der Waals surface area (Å²) in [5.74, 6) is -1.35. The van der Waals surface area contributed by atoms with Gasteiger partial charge in [-0.1, -0.05) is 65.1 Å². The van der Waals surface area contributed by atoms with Crippen LogP contribution in [0, 0.1) is 0 Å². The molecule has 0 radical (unpaired) electrons. The molecule has 8 heteroatoms. The van der Waals surface area contributed by atoms with Crippen LogP contribution in [0.1, 0.15) is 17.5 Å². The number of halogens is 4. The number of hydrogen-bond donors (Lipinski definition) is 0. The van der Waals surface area contributed by atoms with E-state index in [9.17, 15) is 9.59 Å². The van der Waals surface area contributed by atoms with E-state index in [1.165, 1.54) is 0 Å². The molecule has 0 unspecified atom stereocenters. The lowest BCUT2D eigenvalue weighted by Gasteiger charge is -2.09. The van der Waals surface area contributed by atoms with Gasteiger partial charge in [-0.15, -0.1) is 0 Å². The van der Waals surface area contributed by atoms with Crippen LogP contribution >= 0.6 is 46.4 Å². The lowest BCUT2D eigenvalue weighted by Crippen LogP contribution is -2.13. The molecule has 0 aliphatic heterocycles. The molecule has 2 aromatic carbocycles. The van der Waals surface area contributed by atoms with Gasteiger partial charge in [0.15, 0.2) is 0 Å². The van der Waals surface area contributed by atoms with Crippen LogP contribution in [0.15, 0.2) is 48.6 Å². The van der Waals surface area contributed by atoms with Crippen LogP contribution in [0.5, 0.6) is 0 Å². The second-order valence-electron chi connectivity index (χ2n) is 5.49. The minimum atomic E-state index is -0.720. The minimum absolute atomic E-state index is 0.0349. The standard InChI is InChI=1S/C19H14Cl4O4/c1-11(19(25)27-10-13-3-5-15(21)8-17(13)23)6-18(24)26-9-12-2-4-14(20)7-16(12)22/h2-5,7-8H,1,6,9-10H2. The number of carbonyl (C=O) groups is 2. The molecule has 0 saturated carbocycles. The van der Waals surface area contributed by atoms with Crippen LogP contribution in [0.4, 0.5) is 0 Å². The Bertz CT molecular complexity index is 880. The van der Waals surface area contributed by atoms with Crippen molar-refractivity contribution < 1.29 is 19.1 Å². The molecule has 0 N–H and O–H groups in total. The third-order valence-electron chi connectivity index (χ3n) is 3.42. The van der Waals surface area contributed by atoms with Gasteiger partial charge in [0.05, 0.1) is 6.42 Å². The van der Waals surface area contributed by atoms with Gasteiger partial charge in [0.1, 0.15) is 13.2 Å². The number of ether oxygens (including phenoxy) is 2. The quantitative estimate of drug-likeness (QED) is 0.383. The molecule has 2 rings (SSSR count). The van der Waals surface area contributed by atoms with Gasteiger partial charge in [0.2, 0.25) is 0 Å². The van der Waals surface area contributed by atoms with E-state index in [1.807, 2.05) is 0 Å². The molecule has 0 saturated heterocycles. The highest BCUT2D eigenvalue weighted by atomic mass is 35.5. The van der Waals surface area contributed by atoms with Crippen LogP contribution in [0.25, 0.3) is 0 Å². The zero-order valence-electron chi connectivity index (χ0n) is 13.9. The Morgan fingerprint density at radius 3 is 1.78 bits per heavy atom. The molecule has 0 heterocycles. The number of rotatable bonds is 7. The van der Waals surface area contributed by atoms with Crippen molar-refractivity contribution in [1.29, 1.82) is 0 Å². The van der Waals surface area contributed by atoms with E-state index in [0.717, 1.165) is 0 Å². The summed E-state index contributed by atoms with van der Waals surface area (Å²) in [5, 5.41) is 1.71. The van der Waals surface area contributed by atoms with Crippen LogP contribution in [-0.4, -0.2) is 11.9 Å². The SMILES string of the molecule is C=C(CC(=O)OCc1ccc(Cl)cc1Cl)C(=O)OCc1ccc(Cl)cc1Cl. The molecule has 0 aliphatic rings. The van der Waals surface area contributed by atoms with Crippen LogP contribution < -0.4 is 0 Å². The molecule has 27 heavy (non-hydrogen) atoms. The number of carbonyl (C=O) groups excluding carboxylic acids is 2. The highest BCUT2D eigenvalue weighted by molar-refractivity contribution is 6.35. The Balaban J connectivity index is 1.81. The summed E-state index contributed by atoms with van der Waals surface area (Å²) in [6, 6.07) is 9.64. The van der Waals surface area contributed by atoms with Gasteiger partial charge in [-0.05, 0) is 24.3 Å². The van der Waals surface area contributed by atoms with Gasteiger partial charge in [0.25, 0.3) is 0 Å². The molecule has 0 atom stereocenters. The normalized spacial score (nSPS) is 10.4. The predicted molar refractivity (Wildman–Crippen MR) is 106 cm³/mol. The third kappa shape index (κ3) is 6.74. The van der Waals surface area contributed by atoms with Gasteiger partial charge >= 0.3 is 11.9 Å². The van der Waals surface area contributed by atoms with Crippen molar-refractivity contribution in [3.63, 3.8) is 0 Å². The van der Waals surface area contributed by atoms with E-state index >= 15 is 0 Å². The fourth-order valence-corrected chi connectivity index (χ4v) is 2.90. The predicted octanol–water partition coefficient (Wildman–Crippen LogP) is 6.03. The van der Waals surface area contributed by atoms with E-state index in [4.69, 9.17) is 55.9 Å². The first-order valence-corrected chi connectivity index (χ1v) is 9.16. The van der Waals surface area contributed by atoms with Gasteiger partial charge in [-0.2, -0.15) is 0 Å². The van der Waals surface area contributed by atoms with Crippen molar-refractivity contribution in [2.45, 2.75) is 19.6 Å². The third-order valence-corrected chi connectivity index (χ3v) is 4.60. The Kier molecular flexibility index (Phi) is 7.99. The maximum Gasteiger partial charge on any atom is 0.334 e. The van der Waals surface area contributed by atoms with Crippen molar-refractivity contribution in [2.24, 2.45) is 0 Å². The van der Waals surface area contributed by atoms with E-state index in [0.29, 0.717) is 31.2 Å². The molecule has 0 bridgehead atoms. The van der Waals surface area contributed by atoms with Crippen LogP contribution in [0.3, 0.4) is 0 Å². The summed E-state index contributed by atoms with van der Waals surface area (Å²) in [5.41, 5.74) is 1.15. The topological polar surface area (TPSA) is 52.6 Å². The summed E-state index contributed by atoms with van der Waals surface area (Å²) in [4.78, 5) is 23.8. The maximum atomic E-state index is 12.0. The molecule has 4 nitrogen and oxygen atoms in total. The average Bonchev–Trinajstić information content (AvgIpc) is 2.60. The summed E-state index contributed by atoms with van der Waals surface area (Å²) in [6.07, 6.45) is -0.307. The number of benzene rings is 2. The number of esters is 2. The van der Waals surface area contributed by atoms with E-state index < -0.39 is 11.9 Å². The lowest BCUT2D eigenvalue weighted by atomic mass is 10.2. The van der Waals surface area contributed by atoms with Crippen molar-refractivity contribution in [1.82, 2.24) is 0 Å². The molecular formula is C19H14Cl4O4. The van der Waals surface area contributed by atoms with Crippen molar-refractivity contribution in [3.8, 4) is 0 Å². The van der Waals surface area contributed by atoms with E-state index in [2.05, 4.69) is 6.58 Å². The summed E-state index contributed by atoms with van der Waals surface area (Å²) < 4.78 is 10.2. The Labute approximate surface area is 176 Å². The van der Waals surface area contributed by atoms with Crippen LogP contribution in [-0.2, 0) is 32.3 Å². The second kappa shape index (κ2) is 10.00. The molecule has 0 aliphatic carbocycles. The van der Waals surface area contributed by atoms with Gasteiger partial charge in [-0.3, -0.25) is 4.79 Å². The Morgan fingerprint density at radius 1 is 0.815 bits per heavy atom. The fraction of sp³-hybridized carbons (Fsp3) is 0.158. The zero-order chi connectivity index (χ0) is 20.0. The van der Waals surface area contributed by atoms with Crippen LogP contribution in [0.2, 0.25) is 20.1 Å². The van der Waals surface area contributed by atoms with E-state index in [-0.39, 0.29) is 25.2 Å². The van der Waals surface area contributed by atoms with Crippen molar-refractivity contribution in [3.05, 3.63) is 79.8 Å². The first-order valence-electron chi connectivity index (χ1n) is 7.64. The summed E-state index contributed by atoms with van der Waals surface area (Å²) >= 11 is 23.6. The molecule has 2 aromatic rings. The fourth-order valence-electron chi connectivity index (χ4n) is 1.98. The molecule has 142 valence electrons. The van der Waals surface area contributed by atoms with E-state index in [1.54, 1.807) is 36.4 Å². The van der Waals surface area contributed by atoms with Gasteiger partial charge in [0, 0.05) is 36.8 Å². The lowest BCUT2D eigenvalue weighted by molar-refractivity contribution is -0.147. The van der Waals surface area contributed by atoms with Crippen molar-refractivity contribution >= 4 is 58.3 Å². The van der Waals surface area contributed by atoms with Gasteiger partial charge < -0.3 is 9.47 Å². The first-order chi connectivity index (χ1) is 12.8. The summed E-state index contributed by atoms with van der Waals surface area (Å²) in [6.45, 7) is 3.44. The monoisotopic (exact) mass is 446 g/mol.